The van der Waals surface area contributed by atoms with Gasteiger partial charge in [-0.3, -0.25) is 4.79 Å². The molecule has 138 valence electrons. The first-order valence-electron chi connectivity index (χ1n) is 8.21. The molecule has 2 aromatic rings. The zero-order valence-electron chi connectivity index (χ0n) is 13.9. The normalized spacial score (nSPS) is 18.0. The molecular formula is C18H19FN2O4S. The Kier molecular flexibility index (Phi) is 5.24. The number of nitrogens with zero attached hydrogens (tertiary/aromatic N) is 1. The van der Waals surface area contributed by atoms with Crippen LogP contribution in [0, 0.1) is 5.82 Å². The van der Waals surface area contributed by atoms with Gasteiger partial charge in [-0.1, -0.05) is 24.3 Å². The zero-order valence-corrected chi connectivity index (χ0v) is 14.7. The lowest BCUT2D eigenvalue weighted by atomic mass is 10.2. The van der Waals surface area contributed by atoms with Crippen molar-refractivity contribution >= 4 is 21.7 Å². The largest absolute Gasteiger partial charge is 0.480 e. The first-order valence-corrected chi connectivity index (χ1v) is 9.65. The van der Waals surface area contributed by atoms with E-state index in [1.165, 1.54) is 18.2 Å². The molecule has 26 heavy (non-hydrogen) atoms. The van der Waals surface area contributed by atoms with E-state index in [0.717, 1.165) is 9.87 Å². The number of halogens is 1. The number of hydrogen-bond donors (Lipinski definition) is 2. The predicted octanol–water partition coefficient (Wildman–Crippen LogP) is 2.68. The Morgan fingerprint density at radius 2 is 1.88 bits per heavy atom. The second-order valence-corrected chi connectivity index (χ2v) is 7.98. The summed E-state index contributed by atoms with van der Waals surface area (Å²) >= 11 is 0. The van der Waals surface area contributed by atoms with Crippen LogP contribution in [0.1, 0.15) is 18.4 Å². The monoisotopic (exact) mass is 378 g/mol. The van der Waals surface area contributed by atoms with Gasteiger partial charge in [-0.2, -0.15) is 4.31 Å². The van der Waals surface area contributed by atoms with Crippen molar-refractivity contribution in [3.05, 3.63) is 59.9 Å². The summed E-state index contributed by atoms with van der Waals surface area (Å²) in [6, 6.07) is 11.4. The van der Waals surface area contributed by atoms with Gasteiger partial charge < -0.3 is 10.4 Å². The lowest BCUT2D eigenvalue weighted by molar-refractivity contribution is -0.140. The van der Waals surface area contributed by atoms with Crippen LogP contribution < -0.4 is 5.32 Å². The number of aliphatic carboxylic acids is 1. The van der Waals surface area contributed by atoms with Crippen LogP contribution in [0.25, 0.3) is 0 Å². The minimum atomic E-state index is -3.85. The minimum Gasteiger partial charge on any atom is -0.480 e. The van der Waals surface area contributed by atoms with Crippen LogP contribution in [0.2, 0.25) is 0 Å². The molecule has 0 saturated carbocycles. The van der Waals surface area contributed by atoms with Gasteiger partial charge in [0.1, 0.15) is 11.9 Å². The van der Waals surface area contributed by atoms with Crippen molar-refractivity contribution in [2.45, 2.75) is 30.3 Å². The fraction of sp³-hybridized carbons (Fsp3) is 0.278. The van der Waals surface area contributed by atoms with E-state index in [4.69, 9.17) is 0 Å². The van der Waals surface area contributed by atoms with Gasteiger partial charge in [0.25, 0.3) is 0 Å². The summed E-state index contributed by atoms with van der Waals surface area (Å²) in [5.74, 6) is -1.49. The number of rotatable bonds is 6. The summed E-state index contributed by atoms with van der Waals surface area (Å²) in [6.45, 7) is 0.540. The van der Waals surface area contributed by atoms with Crippen LogP contribution in [0.15, 0.2) is 53.4 Å². The average Bonchev–Trinajstić information content (AvgIpc) is 3.12. The number of hydrogen-bond acceptors (Lipinski definition) is 4. The SMILES string of the molecule is O=C(O)[C@@H]1CCCN1S(=O)(=O)c1ccc(CNc2ccccc2F)cc1. The molecule has 1 fully saturated rings. The fourth-order valence-electron chi connectivity index (χ4n) is 2.99. The molecule has 1 aliphatic rings. The van der Waals surface area contributed by atoms with E-state index in [1.807, 2.05) is 0 Å². The highest BCUT2D eigenvalue weighted by molar-refractivity contribution is 7.89. The molecule has 0 aromatic heterocycles. The van der Waals surface area contributed by atoms with Crippen LogP contribution in [0.5, 0.6) is 0 Å². The Morgan fingerprint density at radius 3 is 2.54 bits per heavy atom. The van der Waals surface area contributed by atoms with Gasteiger partial charge in [-0.05, 0) is 42.7 Å². The standard InChI is InChI=1S/C18H19FN2O4S/c19-15-4-1-2-5-16(15)20-12-13-7-9-14(10-8-13)26(24,25)21-11-3-6-17(21)18(22)23/h1-2,4-5,7-10,17,20H,3,6,11-12H2,(H,22,23)/t17-/m0/s1. The Bertz CT molecular complexity index is 900. The summed E-state index contributed by atoms with van der Waals surface area (Å²) in [7, 11) is -3.85. The molecule has 0 aliphatic carbocycles. The van der Waals surface area contributed by atoms with Crippen LogP contribution in [-0.4, -0.2) is 36.4 Å². The second-order valence-electron chi connectivity index (χ2n) is 6.09. The quantitative estimate of drug-likeness (QED) is 0.807. The molecule has 1 atom stereocenters. The number of nitrogens with one attached hydrogen (secondary N) is 1. The van der Waals surface area contributed by atoms with Crippen molar-refractivity contribution in [3.8, 4) is 0 Å². The van der Waals surface area contributed by atoms with Crippen molar-refractivity contribution in [1.82, 2.24) is 4.31 Å². The van der Waals surface area contributed by atoms with Gasteiger partial charge in [-0.25, -0.2) is 12.8 Å². The molecule has 0 bridgehead atoms. The van der Waals surface area contributed by atoms with Crippen LogP contribution in [-0.2, 0) is 21.4 Å². The van der Waals surface area contributed by atoms with Crippen molar-refractivity contribution in [1.29, 1.82) is 0 Å². The summed E-state index contributed by atoms with van der Waals surface area (Å²) in [6.07, 6.45) is 0.847. The third-order valence-corrected chi connectivity index (χ3v) is 6.30. The highest BCUT2D eigenvalue weighted by atomic mass is 32.2. The zero-order chi connectivity index (χ0) is 18.7. The van der Waals surface area contributed by atoms with Gasteiger partial charge >= 0.3 is 5.97 Å². The number of carboxylic acids is 1. The summed E-state index contributed by atoms with van der Waals surface area (Å²) in [5.41, 5.74) is 1.15. The maximum Gasteiger partial charge on any atom is 0.322 e. The lowest BCUT2D eigenvalue weighted by Gasteiger charge is -2.21. The molecule has 2 aromatic carbocycles. The summed E-state index contributed by atoms with van der Waals surface area (Å²) in [5, 5.41) is 12.1. The molecule has 2 N–H and O–H groups in total. The topological polar surface area (TPSA) is 86.7 Å². The molecule has 0 amide bonds. The smallest absolute Gasteiger partial charge is 0.322 e. The number of para-hydroxylation sites is 1. The number of carbonyl (C=O) groups is 1. The number of benzene rings is 2. The Morgan fingerprint density at radius 1 is 1.19 bits per heavy atom. The maximum absolute atomic E-state index is 13.6. The minimum absolute atomic E-state index is 0.0558. The van der Waals surface area contributed by atoms with Crippen molar-refractivity contribution in [2.24, 2.45) is 0 Å². The number of carboxylic acid groups (broad SMARTS) is 1. The highest BCUT2D eigenvalue weighted by Crippen LogP contribution is 2.26. The Balaban J connectivity index is 1.73. The average molecular weight is 378 g/mol. The van der Waals surface area contributed by atoms with E-state index < -0.39 is 22.0 Å². The molecule has 6 nitrogen and oxygen atoms in total. The van der Waals surface area contributed by atoms with Gasteiger partial charge in [0.2, 0.25) is 10.0 Å². The van der Waals surface area contributed by atoms with E-state index >= 15 is 0 Å². The van der Waals surface area contributed by atoms with Crippen molar-refractivity contribution < 1.29 is 22.7 Å². The first-order chi connectivity index (χ1) is 12.4. The maximum atomic E-state index is 13.6. The highest BCUT2D eigenvalue weighted by Gasteiger charge is 2.39. The number of sulfonamides is 1. The second kappa shape index (κ2) is 7.43. The Labute approximate surface area is 151 Å². The molecule has 1 aliphatic heterocycles. The van der Waals surface area contributed by atoms with E-state index in [1.54, 1.807) is 30.3 Å². The third-order valence-electron chi connectivity index (χ3n) is 4.38. The van der Waals surface area contributed by atoms with Gasteiger partial charge in [0.05, 0.1) is 10.6 Å². The lowest BCUT2D eigenvalue weighted by Crippen LogP contribution is -2.40. The summed E-state index contributed by atoms with van der Waals surface area (Å²) in [4.78, 5) is 11.3. The van der Waals surface area contributed by atoms with E-state index in [0.29, 0.717) is 25.1 Å². The molecule has 1 heterocycles. The molecule has 8 heteroatoms. The van der Waals surface area contributed by atoms with E-state index in [-0.39, 0.29) is 17.3 Å². The van der Waals surface area contributed by atoms with Crippen molar-refractivity contribution in [2.75, 3.05) is 11.9 Å². The number of anilines is 1. The van der Waals surface area contributed by atoms with E-state index in [9.17, 15) is 22.7 Å². The molecule has 0 unspecified atom stereocenters. The summed E-state index contributed by atoms with van der Waals surface area (Å²) < 4.78 is 40.0. The fourth-order valence-corrected chi connectivity index (χ4v) is 4.64. The van der Waals surface area contributed by atoms with Crippen LogP contribution >= 0.6 is 0 Å². The molecule has 1 saturated heterocycles. The Hall–Kier alpha value is -2.45. The van der Waals surface area contributed by atoms with Gasteiger partial charge in [0, 0.05) is 13.1 Å². The third kappa shape index (κ3) is 3.71. The molecular weight excluding hydrogens is 359 g/mol. The first kappa shape index (κ1) is 18.3. The molecule has 0 spiro atoms. The van der Waals surface area contributed by atoms with Crippen LogP contribution in [0.3, 0.4) is 0 Å². The van der Waals surface area contributed by atoms with Gasteiger partial charge in [0.15, 0.2) is 0 Å². The van der Waals surface area contributed by atoms with Crippen LogP contribution in [0.4, 0.5) is 10.1 Å². The van der Waals surface area contributed by atoms with E-state index in [2.05, 4.69) is 5.32 Å². The molecule has 3 rings (SSSR count). The van der Waals surface area contributed by atoms with Gasteiger partial charge in [-0.15, -0.1) is 0 Å². The predicted molar refractivity (Wildman–Crippen MR) is 94.7 cm³/mol. The molecule has 0 radical (unpaired) electrons. The van der Waals surface area contributed by atoms with Crippen molar-refractivity contribution in [3.63, 3.8) is 0 Å².